The molecule has 0 heterocycles. The number of ether oxygens (including phenoxy) is 3. The molecule has 0 aliphatic rings. The minimum Gasteiger partial charge on any atom is -0.462 e. The molecule has 0 amide bonds. The maximum absolute atomic E-state index is 12.9. The standard InChI is InChI=1S/C67H108O6/c1-4-7-10-13-16-19-22-25-27-29-31-33-35-37-39-42-45-48-51-54-57-60-66(69)72-63-64(62-71-65(68)59-56-53-50-47-44-41-24-21-18-15-12-9-6-3)73-67(70)61-58-55-52-49-46-43-40-38-36-34-32-30-28-26-23-20-17-14-11-8-5-2/h7,9-10,12,16,18-19,21,25,27,30-33,37,39,41,44-45,48,50,53,64H,4-6,8,11,13-15,17,20,22-24,26,28-29,34-36,38,40,42-43,46-47,49,51-52,54-63H2,1-3H3/b10-7-,12-9-,19-16-,21-18-,27-25-,32-30-,33-31-,39-37-,44-41-,48-45-,53-50-. The second kappa shape index (κ2) is 60.1. The van der Waals surface area contributed by atoms with Crippen LogP contribution >= 0.6 is 0 Å². The third-order valence-corrected chi connectivity index (χ3v) is 12.1. The number of allylic oxidation sites excluding steroid dienone is 22. The summed E-state index contributed by atoms with van der Waals surface area (Å²) in [5.41, 5.74) is 0. The predicted molar refractivity (Wildman–Crippen MR) is 316 cm³/mol. The number of carbonyl (C=O) groups is 3. The van der Waals surface area contributed by atoms with Gasteiger partial charge in [0.2, 0.25) is 0 Å². The summed E-state index contributed by atoms with van der Waals surface area (Å²) in [5, 5.41) is 0. The van der Waals surface area contributed by atoms with Gasteiger partial charge in [-0.1, -0.05) is 244 Å². The van der Waals surface area contributed by atoms with Crippen LogP contribution in [0.1, 0.15) is 252 Å². The van der Waals surface area contributed by atoms with Crippen molar-refractivity contribution in [1.82, 2.24) is 0 Å². The number of unbranched alkanes of at least 4 members (excludes halogenated alkanes) is 19. The molecule has 0 spiro atoms. The number of hydrogen-bond donors (Lipinski definition) is 0. The molecule has 0 aliphatic carbocycles. The van der Waals surface area contributed by atoms with Crippen LogP contribution in [0.5, 0.6) is 0 Å². The minimum atomic E-state index is -0.831. The zero-order valence-electron chi connectivity index (χ0n) is 47.1. The Hall–Kier alpha value is -4.45. The van der Waals surface area contributed by atoms with Crippen LogP contribution in [-0.2, 0) is 28.6 Å². The second-order valence-electron chi connectivity index (χ2n) is 19.1. The van der Waals surface area contributed by atoms with E-state index < -0.39 is 6.10 Å². The molecule has 1 atom stereocenters. The molecule has 0 rings (SSSR count). The largest absolute Gasteiger partial charge is 0.462 e. The Morgan fingerprint density at radius 1 is 0.288 bits per heavy atom. The molecule has 0 fully saturated rings. The average Bonchev–Trinajstić information content (AvgIpc) is 3.39. The lowest BCUT2D eigenvalue weighted by molar-refractivity contribution is -0.166. The number of carbonyl (C=O) groups excluding carboxylic acids is 3. The summed E-state index contributed by atoms with van der Waals surface area (Å²) in [5.74, 6) is -1.05. The van der Waals surface area contributed by atoms with Gasteiger partial charge in [-0.2, -0.15) is 0 Å². The Kier molecular flexibility index (Phi) is 56.4. The quantitative estimate of drug-likeness (QED) is 0.0261. The highest BCUT2D eigenvalue weighted by molar-refractivity contribution is 5.71. The topological polar surface area (TPSA) is 78.9 Å². The van der Waals surface area contributed by atoms with Crippen molar-refractivity contribution < 1.29 is 28.6 Å². The zero-order valence-corrected chi connectivity index (χ0v) is 47.1. The molecule has 0 N–H and O–H groups in total. The van der Waals surface area contributed by atoms with E-state index in [0.29, 0.717) is 19.3 Å². The Morgan fingerprint density at radius 3 is 0.959 bits per heavy atom. The van der Waals surface area contributed by atoms with Gasteiger partial charge in [-0.25, -0.2) is 0 Å². The van der Waals surface area contributed by atoms with Crippen molar-refractivity contribution in [2.75, 3.05) is 13.2 Å². The molecule has 0 aromatic heterocycles. The Morgan fingerprint density at radius 2 is 0.562 bits per heavy atom. The van der Waals surface area contributed by atoms with E-state index in [1.807, 2.05) is 12.2 Å². The molecule has 412 valence electrons. The van der Waals surface area contributed by atoms with E-state index in [9.17, 15) is 14.4 Å². The highest BCUT2D eigenvalue weighted by atomic mass is 16.6. The lowest BCUT2D eigenvalue weighted by Gasteiger charge is -2.18. The van der Waals surface area contributed by atoms with Crippen molar-refractivity contribution in [3.05, 3.63) is 134 Å². The van der Waals surface area contributed by atoms with Gasteiger partial charge in [0.25, 0.3) is 0 Å². The monoisotopic (exact) mass is 1010 g/mol. The van der Waals surface area contributed by atoms with E-state index in [4.69, 9.17) is 14.2 Å². The van der Waals surface area contributed by atoms with Crippen molar-refractivity contribution in [3.63, 3.8) is 0 Å². The van der Waals surface area contributed by atoms with Crippen molar-refractivity contribution >= 4 is 17.9 Å². The molecule has 0 aromatic rings. The fourth-order valence-corrected chi connectivity index (χ4v) is 7.75. The van der Waals surface area contributed by atoms with Crippen molar-refractivity contribution in [3.8, 4) is 0 Å². The van der Waals surface area contributed by atoms with Gasteiger partial charge >= 0.3 is 17.9 Å². The molecule has 0 aliphatic heterocycles. The van der Waals surface area contributed by atoms with Gasteiger partial charge in [-0.05, 0) is 122 Å². The van der Waals surface area contributed by atoms with E-state index in [-0.39, 0.29) is 44.0 Å². The minimum absolute atomic E-state index is 0.128. The van der Waals surface area contributed by atoms with Gasteiger partial charge < -0.3 is 14.2 Å². The molecular weight excluding hydrogens is 901 g/mol. The third-order valence-electron chi connectivity index (χ3n) is 12.1. The third kappa shape index (κ3) is 58.3. The summed E-state index contributed by atoms with van der Waals surface area (Å²) >= 11 is 0. The summed E-state index contributed by atoms with van der Waals surface area (Å²) < 4.78 is 16.8. The van der Waals surface area contributed by atoms with Gasteiger partial charge in [0.15, 0.2) is 6.10 Å². The molecule has 6 nitrogen and oxygen atoms in total. The van der Waals surface area contributed by atoms with Crippen molar-refractivity contribution in [1.29, 1.82) is 0 Å². The van der Waals surface area contributed by atoms with E-state index in [1.165, 1.54) is 103 Å². The normalized spacial score (nSPS) is 13.1. The lowest BCUT2D eigenvalue weighted by Crippen LogP contribution is -2.30. The summed E-state index contributed by atoms with van der Waals surface area (Å²) in [6.07, 6.45) is 84.7. The van der Waals surface area contributed by atoms with Crippen LogP contribution in [0.2, 0.25) is 0 Å². The Bertz CT molecular complexity index is 1580. The van der Waals surface area contributed by atoms with Gasteiger partial charge in [0.05, 0.1) is 0 Å². The molecule has 73 heavy (non-hydrogen) atoms. The number of hydrogen-bond acceptors (Lipinski definition) is 6. The van der Waals surface area contributed by atoms with Crippen LogP contribution in [-0.4, -0.2) is 37.2 Å². The molecule has 1 unspecified atom stereocenters. The van der Waals surface area contributed by atoms with Crippen LogP contribution in [0.4, 0.5) is 0 Å². The Labute approximate surface area is 449 Å². The number of rotatable bonds is 52. The smallest absolute Gasteiger partial charge is 0.306 e. The predicted octanol–water partition coefficient (Wildman–Crippen LogP) is 20.2. The zero-order chi connectivity index (χ0) is 52.9. The van der Waals surface area contributed by atoms with Gasteiger partial charge in [0.1, 0.15) is 13.2 Å². The van der Waals surface area contributed by atoms with Crippen molar-refractivity contribution in [2.45, 2.75) is 258 Å². The van der Waals surface area contributed by atoms with E-state index in [2.05, 4.69) is 142 Å². The molecule has 0 saturated heterocycles. The number of esters is 3. The molecule has 0 aromatic carbocycles. The molecular formula is C67H108O6. The summed E-state index contributed by atoms with van der Waals surface area (Å²) in [6, 6.07) is 0. The van der Waals surface area contributed by atoms with Crippen LogP contribution in [0, 0.1) is 0 Å². The second-order valence-corrected chi connectivity index (χ2v) is 19.1. The fraction of sp³-hybridized carbons (Fsp3) is 0.627. The first-order valence-corrected chi connectivity index (χ1v) is 29.7. The molecule has 0 bridgehead atoms. The first-order chi connectivity index (χ1) is 36.0. The van der Waals surface area contributed by atoms with Gasteiger partial charge in [-0.3, -0.25) is 14.4 Å². The van der Waals surface area contributed by atoms with Gasteiger partial charge in [0, 0.05) is 19.3 Å². The summed E-state index contributed by atoms with van der Waals surface area (Å²) in [4.78, 5) is 38.1. The average molecular weight is 1010 g/mol. The molecule has 6 heteroatoms. The maximum atomic E-state index is 12.9. The van der Waals surface area contributed by atoms with E-state index >= 15 is 0 Å². The summed E-state index contributed by atoms with van der Waals surface area (Å²) in [6.45, 7) is 6.31. The lowest BCUT2D eigenvalue weighted by atomic mass is 10.1. The highest BCUT2D eigenvalue weighted by Crippen LogP contribution is 2.14. The first-order valence-electron chi connectivity index (χ1n) is 29.7. The SMILES string of the molecule is CC/C=C\C/C=C\C/C=C\C/C=C\C/C=C\C/C=C\CCCCC(=O)OCC(COC(=O)CC/C=C\C/C=C\C/C=C\C/C=C\CC)OC(=O)CCCCCCCCCCC/C=C\CCCCCCCCCC. The van der Waals surface area contributed by atoms with E-state index in [1.54, 1.807) is 0 Å². The van der Waals surface area contributed by atoms with Gasteiger partial charge in [-0.15, -0.1) is 0 Å². The van der Waals surface area contributed by atoms with Crippen LogP contribution in [0.15, 0.2) is 134 Å². The van der Waals surface area contributed by atoms with Crippen molar-refractivity contribution in [2.24, 2.45) is 0 Å². The molecule has 0 radical (unpaired) electrons. The van der Waals surface area contributed by atoms with Crippen LogP contribution in [0.3, 0.4) is 0 Å². The van der Waals surface area contributed by atoms with Crippen LogP contribution in [0.25, 0.3) is 0 Å². The maximum Gasteiger partial charge on any atom is 0.306 e. The van der Waals surface area contributed by atoms with Crippen LogP contribution < -0.4 is 0 Å². The fourth-order valence-electron chi connectivity index (χ4n) is 7.75. The van der Waals surface area contributed by atoms with E-state index in [0.717, 1.165) is 96.3 Å². The molecule has 0 saturated carbocycles. The highest BCUT2D eigenvalue weighted by Gasteiger charge is 2.19. The first kappa shape index (κ1) is 68.6. The summed E-state index contributed by atoms with van der Waals surface area (Å²) in [7, 11) is 0. The Balaban J connectivity index is 4.50.